The average Bonchev–Trinajstić information content (AvgIpc) is 3.27. The lowest BCUT2D eigenvalue weighted by atomic mass is 9.97. The van der Waals surface area contributed by atoms with Crippen molar-refractivity contribution in [2.24, 2.45) is 7.05 Å². The number of imidazole rings is 1. The number of nitrogens with zero attached hydrogens (tertiary/aromatic N) is 3. The summed E-state index contributed by atoms with van der Waals surface area (Å²) in [7, 11) is 2.10. The van der Waals surface area contributed by atoms with Gasteiger partial charge in [-0.15, -0.1) is 0 Å². The van der Waals surface area contributed by atoms with Gasteiger partial charge in [0, 0.05) is 36.3 Å². The third-order valence-electron chi connectivity index (χ3n) is 6.89. The molecular formula is C29H32FN5. The molecule has 1 aliphatic rings. The van der Waals surface area contributed by atoms with Gasteiger partial charge >= 0.3 is 0 Å². The molecule has 2 N–H and O–H groups in total. The predicted molar refractivity (Wildman–Crippen MR) is 140 cm³/mol. The van der Waals surface area contributed by atoms with E-state index in [1.807, 2.05) is 54.7 Å². The average molecular weight is 470 g/mol. The summed E-state index contributed by atoms with van der Waals surface area (Å²) < 4.78 is 15.7. The maximum atomic E-state index is 13.5. The van der Waals surface area contributed by atoms with Gasteiger partial charge in [0.15, 0.2) is 0 Å². The van der Waals surface area contributed by atoms with Crippen LogP contribution in [0, 0.1) is 0 Å². The maximum absolute atomic E-state index is 13.5. The first-order valence-electron chi connectivity index (χ1n) is 12.3. The Labute approximate surface area is 206 Å². The molecule has 5 nitrogen and oxygen atoms in total. The van der Waals surface area contributed by atoms with Crippen LogP contribution in [0.5, 0.6) is 0 Å². The molecule has 6 heteroatoms. The lowest BCUT2D eigenvalue weighted by molar-refractivity contribution is 0.438. The topological polar surface area (TPSA) is 54.8 Å². The van der Waals surface area contributed by atoms with E-state index in [2.05, 4.69) is 52.4 Å². The van der Waals surface area contributed by atoms with Gasteiger partial charge in [0.25, 0.3) is 0 Å². The van der Waals surface area contributed by atoms with Crippen molar-refractivity contribution in [3.8, 4) is 22.5 Å². The van der Waals surface area contributed by atoms with Crippen LogP contribution in [0.25, 0.3) is 22.5 Å². The molecule has 1 fully saturated rings. The zero-order valence-electron chi connectivity index (χ0n) is 20.3. The normalized spacial score (nSPS) is 15.2. The molecule has 3 heterocycles. The molecule has 0 bridgehead atoms. The van der Waals surface area contributed by atoms with Crippen molar-refractivity contribution in [1.29, 1.82) is 0 Å². The van der Waals surface area contributed by atoms with Gasteiger partial charge in [-0.25, -0.2) is 14.4 Å². The minimum atomic E-state index is -0.488. The number of aromatic nitrogens is 3. The van der Waals surface area contributed by atoms with Crippen LogP contribution in [0.4, 0.5) is 10.2 Å². The zero-order chi connectivity index (χ0) is 24.2. The molecule has 1 aliphatic heterocycles. The Morgan fingerprint density at radius 1 is 1.03 bits per heavy atom. The second-order valence-electron chi connectivity index (χ2n) is 9.29. The molecule has 1 atom stereocenters. The number of pyridine rings is 1. The van der Waals surface area contributed by atoms with Crippen LogP contribution in [-0.2, 0) is 13.7 Å². The van der Waals surface area contributed by atoms with Gasteiger partial charge in [0.2, 0.25) is 0 Å². The van der Waals surface area contributed by atoms with Crippen molar-refractivity contribution in [3.05, 3.63) is 89.9 Å². The van der Waals surface area contributed by atoms with Crippen LogP contribution in [0.15, 0.2) is 72.9 Å². The van der Waals surface area contributed by atoms with Gasteiger partial charge in [-0.3, -0.25) is 0 Å². The number of piperidine rings is 1. The summed E-state index contributed by atoms with van der Waals surface area (Å²) in [5, 5.41) is 6.98. The fraction of sp³-hybridized carbons (Fsp3) is 0.310. The van der Waals surface area contributed by atoms with Gasteiger partial charge in [0.05, 0.1) is 11.4 Å². The van der Waals surface area contributed by atoms with Crippen LogP contribution in [-0.4, -0.2) is 27.6 Å². The van der Waals surface area contributed by atoms with E-state index in [-0.39, 0.29) is 6.04 Å². The molecule has 0 amide bonds. The van der Waals surface area contributed by atoms with Crippen LogP contribution in [0.1, 0.15) is 48.7 Å². The molecule has 35 heavy (non-hydrogen) atoms. The molecule has 2 aromatic carbocycles. The molecule has 4 aromatic rings. The molecule has 0 radical (unpaired) electrons. The summed E-state index contributed by atoms with van der Waals surface area (Å²) in [6.45, 7) is 3.65. The van der Waals surface area contributed by atoms with E-state index in [9.17, 15) is 4.39 Å². The van der Waals surface area contributed by atoms with Gasteiger partial charge in [-0.1, -0.05) is 48.5 Å². The molecule has 0 spiro atoms. The highest BCUT2D eigenvalue weighted by atomic mass is 19.1. The number of rotatable bonds is 7. The van der Waals surface area contributed by atoms with Crippen LogP contribution in [0.3, 0.4) is 0 Å². The van der Waals surface area contributed by atoms with Gasteiger partial charge in [-0.05, 0) is 62.2 Å². The Bertz CT molecular complexity index is 1280. The van der Waals surface area contributed by atoms with Gasteiger partial charge < -0.3 is 15.2 Å². The summed E-state index contributed by atoms with van der Waals surface area (Å²) in [5.41, 5.74) is 5.78. The second kappa shape index (κ2) is 10.4. The van der Waals surface area contributed by atoms with Crippen molar-refractivity contribution in [2.75, 3.05) is 18.4 Å². The number of alkyl halides is 1. The van der Waals surface area contributed by atoms with E-state index in [1.54, 1.807) is 0 Å². The molecule has 1 saturated heterocycles. The SMILES string of the molecule is CC(Nc1cc(-c2c(-c3cccc(CF)c3)nc(C3CCNCC3)n2C)ccn1)c1ccccc1. The summed E-state index contributed by atoms with van der Waals surface area (Å²) in [6.07, 6.45) is 3.96. The number of hydrogen-bond donors (Lipinski definition) is 2. The summed E-state index contributed by atoms with van der Waals surface area (Å²) in [4.78, 5) is 9.75. The number of hydrogen-bond acceptors (Lipinski definition) is 4. The molecular weight excluding hydrogens is 437 g/mol. The van der Waals surface area contributed by atoms with E-state index >= 15 is 0 Å². The molecule has 2 aromatic heterocycles. The Morgan fingerprint density at radius 3 is 2.60 bits per heavy atom. The quantitative estimate of drug-likeness (QED) is 0.335. The highest BCUT2D eigenvalue weighted by molar-refractivity contribution is 5.80. The maximum Gasteiger partial charge on any atom is 0.127 e. The third kappa shape index (κ3) is 4.98. The number of nitrogens with one attached hydrogen (secondary N) is 2. The fourth-order valence-electron chi connectivity index (χ4n) is 5.00. The van der Waals surface area contributed by atoms with Crippen LogP contribution >= 0.6 is 0 Å². The van der Waals surface area contributed by atoms with Gasteiger partial charge in [0.1, 0.15) is 18.3 Å². The molecule has 180 valence electrons. The van der Waals surface area contributed by atoms with E-state index < -0.39 is 6.67 Å². The molecule has 0 saturated carbocycles. The lowest BCUT2D eigenvalue weighted by Crippen LogP contribution is -2.27. The largest absolute Gasteiger partial charge is 0.364 e. The first-order chi connectivity index (χ1) is 17.1. The smallest absolute Gasteiger partial charge is 0.127 e. The van der Waals surface area contributed by atoms with Crippen molar-refractivity contribution >= 4 is 5.82 Å². The highest BCUT2D eigenvalue weighted by Gasteiger charge is 2.25. The minimum Gasteiger partial charge on any atom is -0.364 e. The number of anilines is 1. The van der Waals surface area contributed by atoms with Crippen molar-refractivity contribution in [3.63, 3.8) is 0 Å². The summed E-state index contributed by atoms with van der Waals surface area (Å²) >= 11 is 0. The molecule has 5 rings (SSSR count). The predicted octanol–water partition coefficient (Wildman–Crippen LogP) is 6.26. The minimum absolute atomic E-state index is 0.122. The third-order valence-corrected chi connectivity index (χ3v) is 6.89. The van der Waals surface area contributed by atoms with Crippen LogP contribution in [0.2, 0.25) is 0 Å². The van der Waals surface area contributed by atoms with E-state index in [1.165, 1.54) is 5.56 Å². The summed E-state index contributed by atoms with van der Waals surface area (Å²) in [6, 6.07) is 22.3. The van der Waals surface area contributed by atoms with E-state index in [0.29, 0.717) is 11.5 Å². The van der Waals surface area contributed by atoms with E-state index in [4.69, 9.17) is 4.98 Å². The second-order valence-corrected chi connectivity index (χ2v) is 9.29. The van der Waals surface area contributed by atoms with Gasteiger partial charge in [-0.2, -0.15) is 0 Å². The molecule has 1 unspecified atom stereocenters. The lowest BCUT2D eigenvalue weighted by Gasteiger charge is -2.22. The standard InChI is InChI=1S/C29H32FN5/c1-20(22-8-4-3-5-9-22)33-26-18-25(13-16-32-26)28-27(24-10-6-7-21(17-24)19-30)34-29(35(28)2)23-11-14-31-15-12-23/h3-10,13,16-18,20,23,31H,11-12,14-15,19H2,1-2H3,(H,32,33). The van der Waals surface area contributed by atoms with Crippen LogP contribution < -0.4 is 10.6 Å². The Morgan fingerprint density at radius 2 is 1.83 bits per heavy atom. The highest BCUT2D eigenvalue weighted by Crippen LogP contribution is 2.37. The molecule has 0 aliphatic carbocycles. The van der Waals surface area contributed by atoms with E-state index in [0.717, 1.165) is 60.1 Å². The number of benzene rings is 2. The Balaban J connectivity index is 1.56. The Hall–Kier alpha value is -3.51. The monoisotopic (exact) mass is 469 g/mol. The van der Waals surface area contributed by atoms with Crippen molar-refractivity contribution in [1.82, 2.24) is 19.9 Å². The first-order valence-corrected chi connectivity index (χ1v) is 12.3. The zero-order valence-corrected chi connectivity index (χ0v) is 20.3. The Kier molecular flexibility index (Phi) is 6.91. The van der Waals surface area contributed by atoms with Crippen molar-refractivity contribution < 1.29 is 4.39 Å². The number of halogens is 1. The fourth-order valence-corrected chi connectivity index (χ4v) is 5.00. The first kappa shape index (κ1) is 23.2. The van der Waals surface area contributed by atoms with Crippen molar-refractivity contribution in [2.45, 2.75) is 38.4 Å². The summed E-state index contributed by atoms with van der Waals surface area (Å²) in [5.74, 6) is 2.30.